The first-order valence-corrected chi connectivity index (χ1v) is 5.48. The molecule has 0 N–H and O–H groups in total. The van der Waals surface area contributed by atoms with E-state index in [0.717, 1.165) is 31.3 Å². The van der Waals surface area contributed by atoms with Gasteiger partial charge in [0.2, 0.25) is 0 Å². The molecule has 0 radical (unpaired) electrons. The molecule has 0 aromatic carbocycles. The van der Waals surface area contributed by atoms with Gasteiger partial charge in [-0.3, -0.25) is 4.79 Å². The van der Waals surface area contributed by atoms with Crippen LogP contribution in [0.15, 0.2) is 23.8 Å². The summed E-state index contributed by atoms with van der Waals surface area (Å²) in [4.78, 5) is 11.7. The number of ketones is 1. The lowest BCUT2D eigenvalue weighted by Crippen LogP contribution is -2.16. The first-order valence-electron chi connectivity index (χ1n) is 5.48. The highest BCUT2D eigenvalue weighted by Crippen LogP contribution is 2.28. The van der Waals surface area contributed by atoms with E-state index in [1.165, 1.54) is 12.0 Å². The Hall–Kier alpha value is -0.850. The van der Waals surface area contributed by atoms with Crippen molar-refractivity contribution in [2.24, 2.45) is 5.92 Å². The highest BCUT2D eigenvalue weighted by atomic mass is 16.1. The van der Waals surface area contributed by atoms with Gasteiger partial charge in [-0.05, 0) is 44.1 Å². The Bertz CT molecular complexity index is 260. The zero-order chi connectivity index (χ0) is 10.6. The Morgan fingerprint density at radius 1 is 1.64 bits per heavy atom. The molecular formula is C13H20O. The van der Waals surface area contributed by atoms with Gasteiger partial charge in [0.1, 0.15) is 0 Å². The summed E-state index contributed by atoms with van der Waals surface area (Å²) >= 11 is 0. The molecule has 0 aromatic rings. The van der Waals surface area contributed by atoms with Gasteiger partial charge < -0.3 is 0 Å². The van der Waals surface area contributed by atoms with Crippen molar-refractivity contribution in [3.8, 4) is 0 Å². The molecule has 0 spiro atoms. The number of carbonyl (C=O) groups excluding carboxylic acids is 1. The SMILES string of the molecule is C=CCC/C(C)=C1/CCC(C)CC1=O. The van der Waals surface area contributed by atoms with Gasteiger partial charge in [0.25, 0.3) is 0 Å². The minimum atomic E-state index is 0.380. The molecule has 1 aliphatic carbocycles. The van der Waals surface area contributed by atoms with Crippen LogP contribution in [0.2, 0.25) is 0 Å². The molecule has 1 atom stereocenters. The minimum absolute atomic E-state index is 0.380. The Kier molecular flexibility index (Phi) is 4.12. The number of allylic oxidation sites excluding steroid dienone is 3. The number of hydrogen-bond donors (Lipinski definition) is 0. The molecule has 1 fully saturated rings. The van der Waals surface area contributed by atoms with Crippen LogP contribution in [-0.4, -0.2) is 5.78 Å². The zero-order valence-corrected chi connectivity index (χ0v) is 9.31. The first kappa shape index (κ1) is 11.2. The summed E-state index contributed by atoms with van der Waals surface area (Å²) in [6.07, 6.45) is 6.81. The lowest BCUT2D eigenvalue weighted by atomic mass is 9.83. The maximum Gasteiger partial charge on any atom is 0.159 e. The van der Waals surface area contributed by atoms with E-state index in [2.05, 4.69) is 20.4 Å². The zero-order valence-electron chi connectivity index (χ0n) is 9.31. The number of Topliss-reactive ketones (excluding diaryl/α,β-unsaturated/α-hetero) is 1. The highest BCUT2D eigenvalue weighted by molar-refractivity contribution is 5.96. The molecule has 1 nitrogen and oxygen atoms in total. The van der Waals surface area contributed by atoms with Crippen molar-refractivity contribution in [3.63, 3.8) is 0 Å². The molecular weight excluding hydrogens is 172 g/mol. The molecule has 78 valence electrons. The van der Waals surface area contributed by atoms with Crippen LogP contribution in [0.25, 0.3) is 0 Å². The van der Waals surface area contributed by atoms with Crippen LogP contribution < -0.4 is 0 Å². The van der Waals surface area contributed by atoms with E-state index in [-0.39, 0.29) is 0 Å². The van der Waals surface area contributed by atoms with E-state index in [1.54, 1.807) is 0 Å². The summed E-state index contributed by atoms with van der Waals surface area (Å²) in [5, 5.41) is 0. The second-order valence-electron chi connectivity index (χ2n) is 4.36. The fourth-order valence-electron chi connectivity index (χ4n) is 1.99. The molecule has 1 rings (SSSR count). The Balaban J connectivity index is 2.65. The third-order valence-electron chi connectivity index (χ3n) is 3.00. The fraction of sp³-hybridized carbons (Fsp3) is 0.615. The van der Waals surface area contributed by atoms with Gasteiger partial charge in [-0.15, -0.1) is 6.58 Å². The van der Waals surface area contributed by atoms with Crippen LogP contribution in [0.4, 0.5) is 0 Å². The van der Waals surface area contributed by atoms with E-state index in [1.807, 2.05) is 6.08 Å². The molecule has 1 heteroatoms. The molecule has 0 aliphatic heterocycles. The lowest BCUT2D eigenvalue weighted by Gasteiger charge is -2.21. The summed E-state index contributed by atoms with van der Waals surface area (Å²) in [6.45, 7) is 7.95. The molecule has 0 aromatic heterocycles. The monoisotopic (exact) mass is 192 g/mol. The smallest absolute Gasteiger partial charge is 0.159 e. The van der Waals surface area contributed by atoms with Crippen LogP contribution in [0.5, 0.6) is 0 Å². The fourth-order valence-corrected chi connectivity index (χ4v) is 1.99. The van der Waals surface area contributed by atoms with Crippen molar-refractivity contribution < 1.29 is 4.79 Å². The minimum Gasteiger partial charge on any atom is -0.295 e. The maximum atomic E-state index is 11.7. The third-order valence-corrected chi connectivity index (χ3v) is 3.00. The van der Waals surface area contributed by atoms with Crippen LogP contribution in [0, 0.1) is 5.92 Å². The molecule has 0 amide bonds. The van der Waals surface area contributed by atoms with E-state index in [9.17, 15) is 4.79 Å². The normalized spacial score (nSPS) is 26.1. The number of hydrogen-bond acceptors (Lipinski definition) is 1. The van der Waals surface area contributed by atoms with Crippen molar-refractivity contribution >= 4 is 5.78 Å². The van der Waals surface area contributed by atoms with Gasteiger partial charge in [0, 0.05) is 6.42 Å². The van der Waals surface area contributed by atoms with Crippen LogP contribution in [0.3, 0.4) is 0 Å². The standard InChI is InChI=1S/C13H20O/c1-4-5-6-11(3)12-8-7-10(2)9-13(12)14/h4,10H,1,5-9H2,2-3H3/b12-11-. The molecule has 14 heavy (non-hydrogen) atoms. The maximum absolute atomic E-state index is 11.7. The average molecular weight is 192 g/mol. The average Bonchev–Trinajstić information content (AvgIpc) is 2.14. The van der Waals surface area contributed by atoms with Gasteiger partial charge >= 0.3 is 0 Å². The van der Waals surface area contributed by atoms with E-state index in [0.29, 0.717) is 11.7 Å². The molecule has 1 aliphatic rings. The van der Waals surface area contributed by atoms with E-state index >= 15 is 0 Å². The van der Waals surface area contributed by atoms with Gasteiger partial charge in [-0.25, -0.2) is 0 Å². The quantitative estimate of drug-likeness (QED) is 0.492. The summed E-state index contributed by atoms with van der Waals surface area (Å²) in [6, 6.07) is 0. The highest BCUT2D eigenvalue weighted by Gasteiger charge is 2.21. The molecule has 1 saturated carbocycles. The Morgan fingerprint density at radius 3 is 2.93 bits per heavy atom. The van der Waals surface area contributed by atoms with Crippen molar-refractivity contribution in [3.05, 3.63) is 23.8 Å². The van der Waals surface area contributed by atoms with Crippen LogP contribution in [0.1, 0.15) is 46.0 Å². The topological polar surface area (TPSA) is 17.1 Å². The Labute approximate surface area is 86.9 Å². The molecule has 0 bridgehead atoms. The van der Waals surface area contributed by atoms with Crippen molar-refractivity contribution in [1.82, 2.24) is 0 Å². The Morgan fingerprint density at radius 2 is 2.36 bits per heavy atom. The summed E-state index contributed by atoms with van der Waals surface area (Å²) in [5.41, 5.74) is 2.38. The van der Waals surface area contributed by atoms with Crippen LogP contribution >= 0.6 is 0 Å². The van der Waals surface area contributed by atoms with Crippen molar-refractivity contribution in [1.29, 1.82) is 0 Å². The summed E-state index contributed by atoms with van der Waals surface area (Å²) in [5.74, 6) is 0.962. The van der Waals surface area contributed by atoms with Gasteiger partial charge in [0.05, 0.1) is 0 Å². The second kappa shape index (κ2) is 5.14. The largest absolute Gasteiger partial charge is 0.295 e. The van der Waals surface area contributed by atoms with Gasteiger partial charge in [-0.1, -0.05) is 18.6 Å². The predicted octanol–water partition coefficient (Wildman–Crippen LogP) is 3.66. The summed E-state index contributed by atoms with van der Waals surface area (Å²) < 4.78 is 0. The lowest BCUT2D eigenvalue weighted by molar-refractivity contribution is -0.117. The van der Waals surface area contributed by atoms with E-state index in [4.69, 9.17) is 0 Å². The molecule has 0 heterocycles. The van der Waals surface area contributed by atoms with Gasteiger partial charge in [0.15, 0.2) is 5.78 Å². The predicted molar refractivity (Wildman–Crippen MR) is 60.2 cm³/mol. The van der Waals surface area contributed by atoms with Gasteiger partial charge in [-0.2, -0.15) is 0 Å². The van der Waals surface area contributed by atoms with Crippen molar-refractivity contribution in [2.45, 2.75) is 46.0 Å². The second-order valence-corrected chi connectivity index (χ2v) is 4.36. The molecule has 0 saturated heterocycles. The first-order chi connectivity index (χ1) is 6.65. The third kappa shape index (κ3) is 2.83. The number of rotatable bonds is 3. The summed E-state index contributed by atoms with van der Waals surface area (Å²) in [7, 11) is 0. The van der Waals surface area contributed by atoms with E-state index < -0.39 is 0 Å². The van der Waals surface area contributed by atoms with Crippen molar-refractivity contribution in [2.75, 3.05) is 0 Å². The number of carbonyl (C=O) groups is 1. The van der Waals surface area contributed by atoms with Crippen LogP contribution in [-0.2, 0) is 4.79 Å². The molecule has 1 unspecified atom stereocenters.